The summed E-state index contributed by atoms with van der Waals surface area (Å²) < 4.78 is 0. The van der Waals surface area contributed by atoms with Crippen LogP contribution in [0.25, 0.3) is 0 Å². The number of carbonyl (C=O) groups is 1. The van der Waals surface area contributed by atoms with Gasteiger partial charge in [0.1, 0.15) is 6.61 Å². The van der Waals surface area contributed by atoms with Gasteiger partial charge in [-0.3, -0.25) is 4.79 Å². The van der Waals surface area contributed by atoms with Crippen molar-refractivity contribution < 1.29 is 9.63 Å². The van der Waals surface area contributed by atoms with Gasteiger partial charge in [0.15, 0.2) is 5.71 Å². The fourth-order valence-corrected chi connectivity index (χ4v) is 3.74. The number of hydrogen-bond donors (Lipinski definition) is 0. The number of carbonyl (C=O) groups excluding carboxylic acids is 1. The third-order valence-corrected chi connectivity index (χ3v) is 5.54. The largest absolute Gasteiger partial charge is 0.390 e. The molecule has 4 nitrogen and oxygen atoms in total. The molecule has 0 bridgehead atoms. The first-order valence-electron chi connectivity index (χ1n) is 8.83. The van der Waals surface area contributed by atoms with Gasteiger partial charge in [-0.25, -0.2) is 0 Å². The minimum Gasteiger partial charge on any atom is -0.390 e. The third kappa shape index (κ3) is 4.10. The summed E-state index contributed by atoms with van der Waals surface area (Å²) in [6.07, 6.45) is 0. The quantitative estimate of drug-likeness (QED) is 0.444. The van der Waals surface area contributed by atoms with E-state index >= 15 is 0 Å². The Morgan fingerprint density at radius 2 is 1.55 bits per heavy atom. The highest BCUT2D eigenvalue weighted by atomic mass is 35.5. The molecule has 0 fully saturated rings. The molecule has 0 spiro atoms. The lowest BCUT2D eigenvalue weighted by atomic mass is 10.1. The van der Waals surface area contributed by atoms with Gasteiger partial charge >= 0.3 is 0 Å². The zero-order chi connectivity index (χ0) is 20.4. The van der Waals surface area contributed by atoms with Gasteiger partial charge in [-0.15, -0.1) is 0 Å². The Morgan fingerprint density at radius 3 is 2.28 bits per heavy atom. The maximum atomic E-state index is 13.1. The summed E-state index contributed by atoms with van der Waals surface area (Å²) in [5, 5.41) is 5.79. The molecule has 0 saturated heterocycles. The maximum absolute atomic E-state index is 13.1. The first-order valence-corrected chi connectivity index (χ1v) is 9.96. The lowest BCUT2D eigenvalue weighted by Crippen LogP contribution is -2.30. The van der Waals surface area contributed by atoms with Crippen molar-refractivity contribution in [1.82, 2.24) is 0 Å². The minimum atomic E-state index is -0.265. The standard InChI is InChI=1S/C22H15Cl3N2O2/c23-15-10-8-14(9-11-15)13-29-26-21-16-4-1-2-7-20(16)27(22(21)28)12-17-18(24)5-3-6-19(17)25/h1-11H,12-13H2. The Morgan fingerprint density at radius 1 is 0.862 bits per heavy atom. The fraction of sp³-hybridized carbons (Fsp3) is 0.0909. The number of benzene rings is 3. The topological polar surface area (TPSA) is 41.9 Å². The van der Waals surface area contributed by atoms with Crippen molar-refractivity contribution in [2.24, 2.45) is 5.16 Å². The van der Waals surface area contributed by atoms with Crippen molar-refractivity contribution in [2.75, 3.05) is 4.90 Å². The summed E-state index contributed by atoms with van der Waals surface area (Å²) >= 11 is 18.5. The Hall–Kier alpha value is -2.53. The van der Waals surface area contributed by atoms with E-state index in [2.05, 4.69) is 5.16 Å². The maximum Gasteiger partial charge on any atom is 0.281 e. The number of amides is 1. The van der Waals surface area contributed by atoms with Gasteiger partial charge in [-0.05, 0) is 35.9 Å². The molecule has 4 rings (SSSR count). The lowest BCUT2D eigenvalue weighted by molar-refractivity contribution is -0.112. The summed E-state index contributed by atoms with van der Waals surface area (Å²) in [6.45, 7) is 0.469. The van der Waals surface area contributed by atoms with Gasteiger partial charge in [0.2, 0.25) is 0 Å². The molecule has 1 aliphatic heterocycles. The van der Waals surface area contributed by atoms with Gasteiger partial charge in [-0.2, -0.15) is 0 Å². The predicted molar refractivity (Wildman–Crippen MR) is 117 cm³/mol. The average molecular weight is 446 g/mol. The summed E-state index contributed by atoms with van der Waals surface area (Å²) in [7, 11) is 0. The van der Waals surface area contributed by atoms with Gasteiger partial charge in [0, 0.05) is 26.2 Å². The van der Waals surface area contributed by atoms with E-state index in [4.69, 9.17) is 39.6 Å². The van der Waals surface area contributed by atoms with E-state index in [1.807, 2.05) is 36.4 Å². The van der Waals surface area contributed by atoms with Crippen LogP contribution in [-0.2, 0) is 22.8 Å². The molecule has 7 heteroatoms. The first kappa shape index (κ1) is 19.8. The average Bonchev–Trinajstić information content (AvgIpc) is 2.98. The first-order chi connectivity index (χ1) is 14.0. The lowest BCUT2D eigenvalue weighted by Gasteiger charge is -2.18. The monoisotopic (exact) mass is 444 g/mol. The molecule has 0 unspecified atom stereocenters. The molecule has 0 N–H and O–H groups in total. The summed E-state index contributed by atoms with van der Waals surface area (Å²) in [4.78, 5) is 20.2. The smallest absolute Gasteiger partial charge is 0.281 e. The third-order valence-electron chi connectivity index (χ3n) is 4.58. The molecule has 3 aromatic carbocycles. The van der Waals surface area contributed by atoms with Crippen LogP contribution in [0, 0.1) is 0 Å². The number of hydrogen-bond acceptors (Lipinski definition) is 3. The van der Waals surface area contributed by atoms with Gasteiger partial charge in [-0.1, -0.05) is 76.4 Å². The van der Waals surface area contributed by atoms with E-state index in [9.17, 15) is 4.79 Å². The number of nitrogens with zero attached hydrogens (tertiary/aromatic N) is 2. The number of oxime groups is 1. The van der Waals surface area contributed by atoms with Crippen molar-refractivity contribution in [1.29, 1.82) is 0 Å². The molecule has 0 atom stereocenters. The molecule has 1 amide bonds. The molecule has 146 valence electrons. The highest BCUT2D eigenvalue weighted by Crippen LogP contribution is 2.34. The van der Waals surface area contributed by atoms with Crippen LogP contribution in [0.1, 0.15) is 16.7 Å². The zero-order valence-electron chi connectivity index (χ0n) is 15.1. The van der Waals surface area contributed by atoms with E-state index in [0.29, 0.717) is 26.2 Å². The van der Waals surface area contributed by atoms with Crippen molar-refractivity contribution in [3.8, 4) is 0 Å². The van der Waals surface area contributed by atoms with E-state index < -0.39 is 0 Å². The molecule has 29 heavy (non-hydrogen) atoms. The van der Waals surface area contributed by atoms with Crippen LogP contribution >= 0.6 is 34.8 Å². The fourth-order valence-electron chi connectivity index (χ4n) is 3.10. The van der Waals surface area contributed by atoms with Crippen molar-refractivity contribution in [3.63, 3.8) is 0 Å². The second kappa shape index (κ2) is 8.46. The van der Waals surface area contributed by atoms with Gasteiger partial charge in [0.05, 0.1) is 12.2 Å². The zero-order valence-corrected chi connectivity index (χ0v) is 17.4. The van der Waals surface area contributed by atoms with E-state index in [1.165, 1.54) is 0 Å². The van der Waals surface area contributed by atoms with Crippen molar-refractivity contribution in [2.45, 2.75) is 13.2 Å². The number of anilines is 1. The normalized spacial score (nSPS) is 14.4. The van der Waals surface area contributed by atoms with Gasteiger partial charge in [0.25, 0.3) is 5.91 Å². The van der Waals surface area contributed by atoms with Crippen LogP contribution in [-0.4, -0.2) is 11.6 Å². The molecule has 0 aromatic heterocycles. The number of para-hydroxylation sites is 1. The molecule has 3 aromatic rings. The molecular weight excluding hydrogens is 431 g/mol. The van der Waals surface area contributed by atoms with Crippen LogP contribution in [0.3, 0.4) is 0 Å². The van der Waals surface area contributed by atoms with Crippen LogP contribution in [0.5, 0.6) is 0 Å². The molecule has 1 aliphatic rings. The second-order valence-corrected chi connectivity index (χ2v) is 7.70. The summed E-state index contributed by atoms with van der Waals surface area (Å²) in [5.74, 6) is -0.265. The SMILES string of the molecule is O=C1C(=NOCc2ccc(Cl)cc2)c2ccccc2N1Cc1c(Cl)cccc1Cl. The number of halogens is 3. The number of rotatable bonds is 5. The van der Waals surface area contributed by atoms with Crippen molar-refractivity contribution in [3.05, 3.63) is 98.5 Å². The highest BCUT2D eigenvalue weighted by Gasteiger charge is 2.35. The summed E-state index contributed by atoms with van der Waals surface area (Å²) in [5.41, 5.74) is 3.27. The molecule has 0 radical (unpaired) electrons. The second-order valence-electron chi connectivity index (χ2n) is 6.45. The Labute approximate surface area is 183 Å². The Bertz CT molecular complexity index is 1080. The highest BCUT2D eigenvalue weighted by molar-refractivity contribution is 6.54. The molecular formula is C22H15Cl3N2O2. The van der Waals surface area contributed by atoms with E-state index in [1.54, 1.807) is 35.2 Å². The van der Waals surface area contributed by atoms with E-state index in [0.717, 1.165) is 11.3 Å². The van der Waals surface area contributed by atoms with Crippen LogP contribution in [0.2, 0.25) is 15.1 Å². The summed E-state index contributed by atoms with van der Waals surface area (Å²) in [6, 6.07) is 19.9. The molecule has 1 heterocycles. The Balaban J connectivity index is 1.60. The molecule has 0 saturated carbocycles. The predicted octanol–water partition coefficient (Wildman–Crippen LogP) is 6.11. The number of fused-ring (bicyclic) bond motifs is 1. The van der Waals surface area contributed by atoms with Crippen LogP contribution in [0.15, 0.2) is 71.9 Å². The van der Waals surface area contributed by atoms with Crippen molar-refractivity contribution >= 4 is 52.1 Å². The Kier molecular flexibility index (Phi) is 5.76. The van der Waals surface area contributed by atoms with E-state index in [-0.39, 0.29) is 24.8 Å². The van der Waals surface area contributed by atoms with Gasteiger partial charge < -0.3 is 9.74 Å². The minimum absolute atomic E-state index is 0.229. The van der Waals surface area contributed by atoms with Crippen LogP contribution in [0.4, 0.5) is 5.69 Å². The van der Waals surface area contributed by atoms with Crippen LogP contribution < -0.4 is 4.90 Å². The molecule has 0 aliphatic carbocycles.